The highest BCUT2D eigenvalue weighted by Crippen LogP contribution is 2.39. The van der Waals surface area contributed by atoms with E-state index in [0.29, 0.717) is 24.7 Å². The first kappa shape index (κ1) is 25.7. The van der Waals surface area contributed by atoms with Crippen LogP contribution in [0.5, 0.6) is 0 Å². The highest BCUT2D eigenvalue weighted by molar-refractivity contribution is 6.61. The maximum atomic E-state index is 15.0. The maximum absolute atomic E-state index is 15.0. The molecule has 1 aliphatic carbocycles. The SMILES string of the molecule is CCCCCCCC1COB(c2ccc(C3CCC(CCCCC)CC3)c(F)c2F)OC1. The van der Waals surface area contributed by atoms with Gasteiger partial charge in [-0.3, -0.25) is 0 Å². The quantitative estimate of drug-likeness (QED) is 0.243. The minimum absolute atomic E-state index is 0.131. The molecule has 0 radical (unpaired) electrons. The van der Waals surface area contributed by atoms with E-state index < -0.39 is 18.8 Å². The van der Waals surface area contributed by atoms with Crippen LogP contribution in [0.2, 0.25) is 0 Å². The van der Waals surface area contributed by atoms with Gasteiger partial charge in [-0.25, -0.2) is 8.78 Å². The van der Waals surface area contributed by atoms with Gasteiger partial charge in [-0.05, 0) is 49.5 Å². The molecule has 2 aliphatic rings. The van der Waals surface area contributed by atoms with Gasteiger partial charge >= 0.3 is 7.12 Å². The van der Waals surface area contributed by atoms with Gasteiger partial charge in [-0.2, -0.15) is 0 Å². The molecular weight excluding hydrogens is 405 g/mol. The monoisotopic (exact) mass is 448 g/mol. The Balaban J connectivity index is 1.48. The van der Waals surface area contributed by atoms with Gasteiger partial charge in [0, 0.05) is 24.6 Å². The molecule has 0 bridgehead atoms. The Hall–Kier alpha value is -0.935. The fraction of sp³-hybridized carbons (Fsp3) is 0.778. The average Bonchev–Trinajstić information content (AvgIpc) is 2.82. The summed E-state index contributed by atoms with van der Waals surface area (Å²) in [5, 5.41) is 0. The van der Waals surface area contributed by atoms with Gasteiger partial charge < -0.3 is 9.31 Å². The van der Waals surface area contributed by atoms with Gasteiger partial charge in [-0.15, -0.1) is 0 Å². The molecule has 1 heterocycles. The van der Waals surface area contributed by atoms with Crippen LogP contribution >= 0.6 is 0 Å². The smallest absolute Gasteiger partial charge is 0.407 e. The lowest BCUT2D eigenvalue weighted by molar-refractivity contribution is 0.0806. The molecule has 0 aromatic heterocycles. The molecule has 1 aromatic carbocycles. The second kappa shape index (κ2) is 13.7. The van der Waals surface area contributed by atoms with Gasteiger partial charge in [0.2, 0.25) is 0 Å². The predicted molar refractivity (Wildman–Crippen MR) is 129 cm³/mol. The molecule has 0 spiro atoms. The second-order valence-electron chi connectivity index (χ2n) is 10.2. The van der Waals surface area contributed by atoms with Crippen LogP contribution in [0, 0.1) is 23.5 Å². The van der Waals surface area contributed by atoms with E-state index in [0.717, 1.165) is 38.0 Å². The lowest BCUT2D eigenvalue weighted by atomic mass is 9.73. The molecule has 32 heavy (non-hydrogen) atoms. The van der Waals surface area contributed by atoms with Crippen molar-refractivity contribution in [3.63, 3.8) is 0 Å². The van der Waals surface area contributed by atoms with Gasteiger partial charge in [0.1, 0.15) is 0 Å². The summed E-state index contributed by atoms with van der Waals surface area (Å²) < 4.78 is 41.6. The van der Waals surface area contributed by atoms with Crippen LogP contribution in [0.15, 0.2) is 12.1 Å². The number of halogens is 2. The third-order valence-corrected chi connectivity index (χ3v) is 7.58. The Labute approximate surface area is 195 Å². The van der Waals surface area contributed by atoms with Crippen molar-refractivity contribution in [2.75, 3.05) is 13.2 Å². The van der Waals surface area contributed by atoms with E-state index in [1.165, 1.54) is 57.8 Å². The summed E-state index contributed by atoms with van der Waals surface area (Å²) in [6, 6.07) is 3.47. The molecule has 1 aliphatic heterocycles. The number of benzene rings is 1. The Kier molecular flexibility index (Phi) is 11.0. The summed E-state index contributed by atoms with van der Waals surface area (Å²) in [6.45, 7) is 5.57. The molecule has 0 amide bonds. The zero-order valence-electron chi connectivity index (χ0n) is 20.4. The van der Waals surface area contributed by atoms with Crippen LogP contribution in [-0.2, 0) is 9.31 Å². The van der Waals surface area contributed by atoms with Gasteiger partial charge in [0.25, 0.3) is 0 Å². The fourth-order valence-electron chi connectivity index (χ4n) is 5.45. The van der Waals surface area contributed by atoms with E-state index in [-0.39, 0.29) is 11.4 Å². The first-order valence-corrected chi connectivity index (χ1v) is 13.3. The molecule has 1 saturated carbocycles. The Morgan fingerprint density at radius 1 is 0.750 bits per heavy atom. The minimum atomic E-state index is -0.788. The summed E-state index contributed by atoms with van der Waals surface area (Å²) in [6.07, 6.45) is 16.6. The van der Waals surface area contributed by atoms with Crippen molar-refractivity contribution in [1.29, 1.82) is 0 Å². The Bertz CT molecular complexity index is 668. The standard InChI is InChI=1S/C27H43BF2O2/c1-3-5-7-8-10-12-22-19-31-28(32-20-22)25-18-17-24(26(29)27(25)30)23-15-13-21(14-16-23)11-9-6-4-2/h17-18,21-23H,3-16,19-20H2,1-2H3. The largest absolute Gasteiger partial charge is 0.497 e. The van der Waals surface area contributed by atoms with Crippen molar-refractivity contribution in [3.8, 4) is 0 Å². The third-order valence-electron chi connectivity index (χ3n) is 7.58. The normalized spacial score (nSPS) is 22.4. The average molecular weight is 448 g/mol. The van der Waals surface area contributed by atoms with Crippen molar-refractivity contribution in [2.24, 2.45) is 11.8 Å². The molecular formula is C27H43BF2O2. The molecule has 2 nitrogen and oxygen atoms in total. The van der Waals surface area contributed by atoms with Crippen LogP contribution in [0.4, 0.5) is 8.78 Å². The molecule has 180 valence electrons. The Morgan fingerprint density at radius 3 is 2.03 bits per heavy atom. The van der Waals surface area contributed by atoms with Crippen molar-refractivity contribution in [2.45, 2.75) is 110 Å². The summed E-state index contributed by atoms with van der Waals surface area (Å²) >= 11 is 0. The number of hydrogen-bond acceptors (Lipinski definition) is 2. The van der Waals surface area contributed by atoms with E-state index in [2.05, 4.69) is 13.8 Å². The van der Waals surface area contributed by atoms with Crippen LogP contribution in [0.1, 0.15) is 115 Å². The van der Waals surface area contributed by atoms with Gasteiger partial charge in [-0.1, -0.05) is 83.8 Å². The zero-order valence-corrected chi connectivity index (χ0v) is 20.4. The highest BCUT2D eigenvalue weighted by Gasteiger charge is 2.34. The summed E-state index contributed by atoms with van der Waals surface area (Å²) in [4.78, 5) is 0. The third kappa shape index (κ3) is 7.28. The first-order chi connectivity index (χ1) is 15.6. The summed E-state index contributed by atoms with van der Waals surface area (Å²) in [5.74, 6) is -0.231. The van der Waals surface area contributed by atoms with Crippen LogP contribution < -0.4 is 5.46 Å². The Morgan fingerprint density at radius 2 is 1.34 bits per heavy atom. The van der Waals surface area contributed by atoms with E-state index in [4.69, 9.17) is 9.31 Å². The maximum Gasteiger partial charge on any atom is 0.497 e. The summed E-state index contributed by atoms with van der Waals surface area (Å²) in [7, 11) is -0.788. The van der Waals surface area contributed by atoms with Gasteiger partial charge in [0.05, 0.1) is 0 Å². The number of rotatable bonds is 12. The molecule has 5 heteroatoms. The molecule has 3 rings (SSSR count). The lowest BCUT2D eigenvalue weighted by Crippen LogP contribution is -2.46. The minimum Gasteiger partial charge on any atom is -0.407 e. The first-order valence-electron chi connectivity index (χ1n) is 13.3. The van der Waals surface area contributed by atoms with Crippen molar-refractivity contribution in [1.82, 2.24) is 0 Å². The van der Waals surface area contributed by atoms with Crippen molar-refractivity contribution < 1.29 is 18.1 Å². The molecule has 0 atom stereocenters. The zero-order chi connectivity index (χ0) is 22.8. The number of hydrogen-bond donors (Lipinski definition) is 0. The molecule has 0 unspecified atom stereocenters. The lowest BCUT2D eigenvalue weighted by Gasteiger charge is -2.30. The second-order valence-corrected chi connectivity index (χ2v) is 10.2. The van der Waals surface area contributed by atoms with Crippen molar-refractivity contribution >= 4 is 12.6 Å². The molecule has 0 N–H and O–H groups in total. The molecule has 1 saturated heterocycles. The van der Waals surface area contributed by atoms with Crippen LogP contribution in [0.3, 0.4) is 0 Å². The van der Waals surface area contributed by atoms with Gasteiger partial charge in [0.15, 0.2) is 11.6 Å². The van der Waals surface area contributed by atoms with Crippen LogP contribution in [-0.4, -0.2) is 20.3 Å². The molecule has 2 fully saturated rings. The van der Waals surface area contributed by atoms with E-state index in [1.54, 1.807) is 12.1 Å². The van der Waals surface area contributed by atoms with E-state index in [1.807, 2.05) is 0 Å². The van der Waals surface area contributed by atoms with E-state index in [9.17, 15) is 4.39 Å². The fourth-order valence-corrected chi connectivity index (χ4v) is 5.45. The summed E-state index contributed by atoms with van der Waals surface area (Å²) in [5.41, 5.74) is 0.750. The molecule has 1 aromatic rings. The predicted octanol–water partition coefficient (Wildman–Crippen LogP) is 7.54. The van der Waals surface area contributed by atoms with Crippen molar-refractivity contribution in [3.05, 3.63) is 29.3 Å². The van der Waals surface area contributed by atoms with Crippen LogP contribution in [0.25, 0.3) is 0 Å². The topological polar surface area (TPSA) is 18.5 Å². The van der Waals surface area contributed by atoms with E-state index >= 15 is 4.39 Å². The highest BCUT2D eigenvalue weighted by atomic mass is 19.2. The number of unbranched alkanes of at least 4 members (excludes halogenated alkanes) is 6.